The number of ether oxygens (including phenoxy) is 1. The molecule has 7 heteroatoms. The molecule has 24 heavy (non-hydrogen) atoms. The number of nitrogens with zero attached hydrogens (tertiary/aromatic N) is 2. The predicted octanol–water partition coefficient (Wildman–Crippen LogP) is 1.99. The first-order chi connectivity index (χ1) is 11.3. The van der Waals surface area contributed by atoms with Crippen LogP contribution in [0.1, 0.15) is 44.7 Å². The second kappa shape index (κ2) is 6.37. The third-order valence-corrected chi connectivity index (χ3v) is 6.71. The summed E-state index contributed by atoms with van der Waals surface area (Å²) >= 11 is 1.57. The summed E-state index contributed by atoms with van der Waals surface area (Å²) < 4.78 is 5.70. The molecule has 1 amide bonds. The number of rotatable bonds is 5. The molecule has 0 aromatic carbocycles. The first kappa shape index (κ1) is 17.8. The molecular formula is C17H28N4O2S. The number of hydrogen-bond donors (Lipinski definition) is 2. The van der Waals surface area contributed by atoms with Crippen molar-refractivity contribution in [1.82, 2.24) is 9.88 Å². The minimum absolute atomic E-state index is 0.0286. The van der Waals surface area contributed by atoms with Crippen LogP contribution in [0.25, 0.3) is 0 Å². The fraction of sp³-hybridized carbons (Fsp3) is 0.765. The summed E-state index contributed by atoms with van der Waals surface area (Å²) in [5, 5.41) is 3.63. The molecule has 1 aromatic rings. The Morgan fingerprint density at radius 3 is 2.88 bits per heavy atom. The molecule has 2 atom stereocenters. The van der Waals surface area contributed by atoms with Gasteiger partial charge in [-0.05, 0) is 13.5 Å². The molecule has 1 aliphatic carbocycles. The van der Waals surface area contributed by atoms with Crippen LogP contribution in [-0.4, -0.2) is 47.1 Å². The molecule has 0 spiro atoms. The summed E-state index contributed by atoms with van der Waals surface area (Å²) in [7, 11) is 0. The summed E-state index contributed by atoms with van der Waals surface area (Å²) in [6, 6.07) is 0. The number of thiazole rings is 1. The molecule has 3 N–H and O–H groups in total. The lowest BCUT2D eigenvalue weighted by atomic mass is 9.54. The predicted molar refractivity (Wildman–Crippen MR) is 96.1 cm³/mol. The molecule has 2 unspecified atom stereocenters. The van der Waals surface area contributed by atoms with E-state index in [1.807, 2.05) is 20.8 Å². The zero-order valence-corrected chi connectivity index (χ0v) is 15.8. The van der Waals surface area contributed by atoms with Gasteiger partial charge < -0.3 is 15.8 Å². The van der Waals surface area contributed by atoms with E-state index >= 15 is 0 Å². The van der Waals surface area contributed by atoms with E-state index in [0.29, 0.717) is 18.2 Å². The zero-order chi connectivity index (χ0) is 17.5. The topological polar surface area (TPSA) is 80.5 Å². The highest BCUT2D eigenvalue weighted by Gasteiger charge is 2.63. The van der Waals surface area contributed by atoms with Crippen LogP contribution in [0.2, 0.25) is 0 Å². The number of aromatic nitrogens is 1. The zero-order valence-electron chi connectivity index (χ0n) is 15.0. The Kier molecular flexibility index (Phi) is 4.72. The second-order valence-corrected chi connectivity index (χ2v) is 8.39. The van der Waals surface area contributed by atoms with Crippen molar-refractivity contribution in [2.45, 2.75) is 58.7 Å². The smallest absolute Gasteiger partial charge is 0.246 e. The minimum Gasteiger partial charge on any atom is -0.378 e. The number of fused-ring (bicyclic) bond motifs is 1. The van der Waals surface area contributed by atoms with Gasteiger partial charge in [-0.1, -0.05) is 20.8 Å². The van der Waals surface area contributed by atoms with Crippen molar-refractivity contribution in [2.24, 2.45) is 11.1 Å². The number of carbonyl (C=O) groups excluding carboxylic acids is 1. The van der Waals surface area contributed by atoms with Crippen LogP contribution < -0.4 is 11.1 Å². The molecule has 6 nitrogen and oxygen atoms in total. The number of hydrogen-bond acceptors (Lipinski definition) is 6. The van der Waals surface area contributed by atoms with Crippen LogP contribution in [0.3, 0.4) is 0 Å². The van der Waals surface area contributed by atoms with Gasteiger partial charge in [0.05, 0.1) is 11.8 Å². The summed E-state index contributed by atoms with van der Waals surface area (Å²) in [6.45, 7) is 11.8. The molecule has 0 saturated heterocycles. The van der Waals surface area contributed by atoms with Gasteiger partial charge >= 0.3 is 0 Å². The molecule has 134 valence electrons. The molecule has 1 fully saturated rings. The van der Waals surface area contributed by atoms with Crippen LogP contribution in [0.5, 0.6) is 0 Å². The quantitative estimate of drug-likeness (QED) is 0.847. The van der Waals surface area contributed by atoms with Crippen LogP contribution in [0.4, 0.5) is 5.13 Å². The van der Waals surface area contributed by atoms with Crippen LogP contribution >= 0.6 is 11.3 Å². The van der Waals surface area contributed by atoms with E-state index < -0.39 is 5.54 Å². The maximum absolute atomic E-state index is 12.8. The van der Waals surface area contributed by atoms with E-state index in [1.54, 1.807) is 11.3 Å². The Morgan fingerprint density at radius 2 is 2.25 bits per heavy atom. The van der Waals surface area contributed by atoms with Crippen LogP contribution in [0, 0.1) is 5.41 Å². The van der Waals surface area contributed by atoms with Crippen molar-refractivity contribution in [3.63, 3.8) is 0 Å². The van der Waals surface area contributed by atoms with Gasteiger partial charge in [0.25, 0.3) is 0 Å². The van der Waals surface area contributed by atoms with Gasteiger partial charge in [-0.2, -0.15) is 0 Å². The Labute approximate surface area is 147 Å². The highest BCUT2D eigenvalue weighted by atomic mass is 32.1. The van der Waals surface area contributed by atoms with Gasteiger partial charge in [0.15, 0.2) is 5.13 Å². The average Bonchev–Trinajstić information content (AvgIpc) is 2.95. The lowest BCUT2D eigenvalue weighted by Gasteiger charge is -2.57. The van der Waals surface area contributed by atoms with Crippen LogP contribution in [-0.2, 0) is 22.5 Å². The lowest BCUT2D eigenvalue weighted by molar-refractivity contribution is -0.166. The molecular weight excluding hydrogens is 324 g/mol. The number of nitrogens with one attached hydrogen (secondary N) is 1. The van der Waals surface area contributed by atoms with Crippen molar-refractivity contribution in [3.8, 4) is 0 Å². The van der Waals surface area contributed by atoms with Gasteiger partial charge in [0.2, 0.25) is 5.91 Å². The Hall–Kier alpha value is -1.02. The maximum atomic E-state index is 12.8. The Bertz CT molecular complexity index is 630. The lowest BCUT2D eigenvalue weighted by Crippen LogP contribution is -2.74. The molecule has 3 rings (SSSR count). The molecule has 0 bridgehead atoms. The van der Waals surface area contributed by atoms with E-state index in [0.717, 1.165) is 31.7 Å². The van der Waals surface area contributed by atoms with Gasteiger partial charge in [0, 0.05) is 42.8 Å². The summed E-state index contributed by atoms with van der Waals surface area (Å²) in [6.07, 6.45) is 1.52. The second-order valence-electron chi connectivity index (χ2n) is 7.30. The standard InChI is InChI=1S/C17H28N4O2S/c1-5-21-8-7-11-12(10-21)24-15(19-11)20-14(22)17(18)9-13(23-6-2)16(17,3)4/h13H,5-10,18H2,1-4H3,(H,19,20,22). The van der Waals surface area contributed by atoms with Gasteiger partial charge in [-0.3, -0.25) is 9.69 Å². The minimum atomic E-state index is -0.908. The summed E-state index contributed by atoms with van der Waals surface area (Å²) in [5.74, 6) is -0.151. The normalized spacial score (nSPS) is 29.0. The molecule has 2 aliphatic rings. The molecule has 0 radical (unpaired) electrons. The largest absolute Gasteiger partial charge is 0.378 e. The van der Waals surface area contributed by atoms with E-state index in [4.69, 9.17) is 10.5 Å². The Morgan fingerprint density at radius 1 is 1.50 bits per heavy atom. The van der Waals surface area contributed by atoms with Crippen molar-refractivity contribution in [1.29, 1.82) is 0 Å². The number of carbonyl (C=O) groups is 1. The number of anilines is 1. The third kappa shape index (κ3) is 2.77. The number of likely N-dealkylation sites (N-methyl/N-ethyl adjacent to an activating group) is 1. The molecule has 2 heterocycles. The summed E-state index contributed by atoms with van der Waals surface area (Å²) in [4.78, 5) is 21.0. The average molecular weight is 353 g/mol. The van der Waals surface area contributed by atoms with Gasteiger partial charge in [-0.25, -0.2) is 4.98 Å². The number of amides is 1. The first-order valence-corrected chi connectivity index (χ1v) is 9.56. The highest BCUT2D eigenvalue weighted by Crippen LogP contribution is 2.50. The van der Waals surface area contributed by atoms with Crippen molar-refractivity contribution >= 4 is 22.4 Å². The SMILES string of the molecule is CCOC1CC(N)(C(=O)Nc2nc3c(s2)CN(CC)CC3)C1(C)C. The highest BCUT2D eigenvalue weighted by molar-refractivity contribution is 7.15. The monoisotopic (exact) mass is 352 g/mol. The molecule has 1 saturated carbocycles. The van der Waals surface area contributed by atoms with Crippen molar-refractivity contribution in [2.75, 3.05) is 25.0 Å². The Balaban J connectivity index is 1.69. The van der Waals surface area contributed by atoms with E-state index in [-0.39, 0.29) is 17.4 Å². The third-order valence-electron chi connectivity index (χ3n) is 5.71. The fourth-order valence-electron chi connectivity index (χ4n) is 3.60. The summed E-state index contributed by atoms with van der Waals surface area (Å²) in [5.41, 5.74) is 6.26. The van der Waals surface area contributed by atoms with Gasteiger partial charge in [-0.15, -0.1) is 11.3 Å². The van der Waals surface area contributed by atoms with E-state index in [9.17, 15) is 4.79 Å². The number of nitrogens with two attached hydrogens (primary N) is 1. The van der Waals surface area contributed by atoms with Crippen LogP contribution in [0.15, 0.2) is 0 Å². The van der Waals surface area contributed by atoms with E-state index in [2.05, 4.69) is 22.1 Å². The first-order valence-electron chi connectivity index (χ1n) is 8.74. The molecule has 1 aromatic heterocycles. The maximum Gasteiger partial charge on any atom is 0.246 e. The van der Waals surface area contributed by atoms with Crippen molar-refractivity contribution < 1.29 is 9.53 Å². The fourth-order valence-corrected chi connectivity index (χ4v) is 4.65. The van der Waals surface area contributed by atoms with Gasteiger partial charge in [0.1, 0.15) is 5.54 Å². The van der Waals surface area contributed by atoms with E-state index in [1.165, 1.54) is 4.88 Å². The van der Waals surface area contributed by atoms with Crippen molar-refractivity contribution in [3.05, 3.63) is 10.6 Å². The molecule has 1 aliphatic heterocycles.